The minimum Gasteiger partial charge on any atom is -0.295 e. The van der Waals surface area contributed by atoms with Gasteiger partial charge in [-0.1, -0.05) is 0 Å². The number of carbonyl (C=O) groups excluding carboxylic acids is 1. The first-order chi connectivity index (χ1) is 6.79. The van der Waals surface area contributed by atoms with Gasteiger partial charge in [-0.05, 0) is 47.7 Å². The molecule has 1 rings (SSSR count). The van der Waals surface area contributed by atoms with Crippen molar-refractivity contribution in [3.8, 4) is 0 Å². The molecule has 0 aromatic heterocycles. The van der Waals surface area contributed by atoms with Crippen molar-refractivity contribution in [2.24, 2.45) is 0 Å². The molecule has 15 heavy (non-hydrogen) atoms. The molecule has 0 saturated carbocycles. The fourth-order valence-corrected chi connectivity index (χ4v) is 2.43. The molecule has 82 valence electrons. The quantitative estimate of drug-likeness (QED) is 0.675. The van der Waals surface area contributed by atoms with Crippen LogP contribution in [0.5, 0.6) is 0 Å². The predicted octanol–water partition coefficient (Wildman–Crippen LogP) is 1.87. The zero-order valence-electron chi connectivity index (χ0n) is 8.24. The Balaban J connectivity index is 3.09. The van der Waals surface area contributed by atoms with Crippen LogP contribution in [0.2, 0.25) is 0 Å². The van der Waals surface area contributed by atoms with Crippen LogP contribution in [0, 0.1) is 3.57 Å². The van der Waals surface area contributed by atoms with Crippen LogP contribution in [0.25, 0.3) is 0 Å². The monoisotopic (exact) mass is 339 g/mol. The van der Waals surface area contributed by atoms with Crippen molar-refractivity contribution in [1.82, 2.24) is 0 Å². The summed E-state index contributed by atoms with van der Waals surface area (Å²) < 4.78 is 25.0. The first-order valence-corrected chi connectivity index (χ1v) is 7.05. The topological polar surface area (TPSA) is 63.2 Å². The number of ketones is 1. The summed E-state index contributed by atoms with van der Waals surface area (Å²) in [4.78, 5) is 11.1. The zero-order chi connectivity index (χ0) is 11.6. The summed E-state index contributed by atoms with van der Waals surface area (Å²) >= 11 is 1.98. The highest BCUT2D eigenvalue weighted by Crippen LogP contribution is 2.20. The van der Waals surface area contributed by atoms with E-state index in [2.05, 4.69) is 4.72 Å². The maximum absolute atomic E-state index is 11.1. The van der Waals surface area contributed by atoms with Crippen LogP contribution in [0.3, 0.4) is 0 Å². The molecule has 0 amide bonds. The van der Waals surface area contributed by atoms with Gasteiger partial charge in [0.1, 0.15) is 0 Å². The number of sulfonamides is 1. The van der Waals surface area contributed by atoms with Gasteiger partial charge in [0.15, 0.2) is 5.78 Å². The van der Waals surface area contributed by atoms with Gasteiger partial charge in [0, 0.05) is 9.13 Å². The van der Waals surface area contributed by atoms with E-state index in [1.165, 1.54) is 6.92 Å². The van der Waals surface area contributed by atoms with E-state index in [-0.39, 0.29) is 5.78 Å². The summed E-state index contributed by atoms with van der Waals surface area (Å²) in [6.07, 6.45) is 1.09. The van der Waals surface area contributed by atoms with E-state index in [9.17, 15) is 13.2 Å². The Morgan fingerprint density at radius 3 is 2.40 bits per heavy atom. The molecule has 4 nitrogen and oxygen atoms in total. The minimum absolute atomic E-state index is 0.0428. The Kier molecular flexibility index (Phi) is 3.72. The number of anilines is 1. The van der Waals surface area contributed by atoms with E-state index in [4.69, 9.17) is 0 Å². The third kappa shape index (κ3) is 3.78. The maximum Gasteiger partial charge on any atom is 0.229 e. The van der Waals surface area contributed by atoms with Crippen molar-refractivity contribution in [3.63, 3.8) is 0 Å². The second-order valence-corrected chi connectivity index (χ2v) is 6.04. The van der Waals surface area contributed by atoms with Gasteiger partial charge >= 0.3 is 0 Å². The fourth-order valence-electron chi connectivity index (χ4n) is 1.02. The van der Waals surface area contributed by atoms with Gasteiger partial charge in [0.05, 0.1) is 11.9 Å². The lowest BCUT2D eigenvalue weighted by atomic mass is 10.1. The first kappa shape index (κ1) is 12.4. The zero-order valence-corrected chi connectivity index (χ0v) is 11.2. The molecular formula is C9H10INO3S. The molecule has 0 aliphatic heterocycles. The summed E-state index contributed by atoms with van der Waals surface area (Å²) in [5.74, 6) is -0.0428. The second-order valence-electron chi connectivity index (χ2n) is 3.13. The van der Waals surface area contributed by atoms with Crippen molar-refractivity contribution in [3.05, 3.63) is 27.3 Å². The van der Waals surface area contributed by atoms with Gasteiger partial charge in [0.2, 0.25) is 10.0 Å². The Hall–Kier alpha value is -0.630. The average molecular weight is 339 g/mol. The smallest absolute Gasteiger partial charge is 0.229 e. The standard InChI is InChI=1S/C9H10INO3S/c1-6(12)7-3-4-9(8(10)5-7)11-15(2,13)14/h3-5,11H,1-2H3. The number of benzene rings is 1. The number of nitrogens with one attached hydrogen (secondary N) is 1. The lowest BCUT2D eigenvalue weighted by Crippen LogP contribution is -2.11. The highest BCUT2D eigenvalue weighted by atomic mass is 127. The van der Waals surface area contributed by atoms with Gasteiger partial charge in [-0.25, -0.2) is 8.42 Å². The fraction of sp³-hybridized carbons (Fsp3) is 0.222. The van der Waals surface area contributed by atoms with E-state index in [1.54, 1.807) is 18.2 Å². The van der Waals surface area contributed by atoms with Gasteiger partial charge in [-0.2, -0.15) is 0 Å². The molecule has 1 N–H and O–H groups in total. The Labute approximate surface area is 102 Å². The Bertz CT molecular complexity index is 496. The van der Waals surface area contributed by atoms with E-state index in [0.29, 0.717) is 14.8 Å². The number of carbonyl (C=O) groups is 1. The van der Waals surface area contributed by atoms with Crippen molar-refractivity contribution >= 4 is 44.1 Å². The van der Waals surface area contributed by atoms with Gasteiger partial charge in [-0.15, -0.1) is 0 Å². The highest BCUT2D eigenvalue weighted by molar-refractivity contribution is 14.1. The summed E-state index contributed by atoms with van der Waals surface area (Å²) in [6, 6.07) is 4.83. The molecule has 0 heterocycles. The van der Waals surface area contributed by atoms with Crippen LogP contribution >= 0.6 is 22.6 Å². The van der Waals surface area contributed by atoms with E-state index in [0.717, 1.165) is 6.26 Å². The van der Waals surface area contributed by atoms with Crippen LogP contribution in [-0.2, 0) is 10.0 Å². The van der Waals surface area contributed by atoms with Crippen LogP contribution in [0.1, 0.15) is 17.3 Å². The summed E-state index contributed by atoms with van der Waals surface area (Å²) in [5, 5.41) is 0. The van der Waals surface area contributed by atoms with E-state index in [1.807, 2.05) is 22.6 Å². The molecule has 0 unspecified atom stereocenters. The van der Waals surface area contributed by atoms with Crippen molar-refractivity contribution in [2.45, 2.75) is 6.92 Å². The third-order valence-corrected chi connectivity index (χ3v) is 3.15. The lowest BCUT2D eigenvalue weighted by molar-refractivity contribution is 0.101. The van der Waals surface area contributed by atoms with Gasteiger partial charge < -0.3 is 0 Å². The van der Waals surface area contributed by atoms with Gasteiger partial charge in [0.25, 0.3) is 0 Å². The van der Waals surface area contributed by atoms with Crippen LogP contribution in [-0.4, -0.2) is 20.5 Å². The van der Waals surface area contributed by atoms with Crippen molar-refractivity contribution in [2.75, 3.05) is 11.0 Å². The van der Waals surface area contributed by atoms with Crippen molar-refractivity contribution in [1.29, 1.82) is 0 Å². The van der Waals surface area contributed by atoms with Crippen molar-refractivity contribution < 1.29 is 13.2 Å². The molecule has 1 aromatic rings. The lowest BCUT2D eigenvalue weighted by Gasteiger charge is -2.07. The molecule has 0 aliphatic carbocycles. The van der Waals surface area contributed by atoms with Crippen LogP contribution in [0.15, 0.2) is 18.2 Å². The van der Waals surface area contributed by atoms with Crippen LogP contribution < -0.4 is 4.72 Å². The predicted molar refractivity (Wildman–Crippen MR) is 67.6 cm³/mol. The largest absolute Gasteiger partial charge is 0.295 e. The number of hydrogen-bond donors (Lipinski definition) is 1. The molecule has 1 aromatic carbocycles. The second kappa shape index (κ2) is 4.48. The molecule has 0 bridgehead atoms. The highest BCUT2D eigenvalue weighted by Gasteiger charge is 2.07. The molecule has 0 fully saturated rings. The summed E-state index contributed by atoms with van der Waals surface area (Å²) in [7, 11) is -3.27. The Morgan fingerprint density at radius 1 is 1.40 bits per heavy atom. The Morgan fingerprint density at radius 2 is 2.00 bits per heavy atom. The minimum atomic E-state index is -3.27. The van der Waals surface area contributed by atoms with Gasteiger partial charge in [-0.3, -0.25) is 9.52 Å². The number of hydrogen-bond acceptors (Lipinski definition) is 3. The average Bonchev–Trinajstić information content (AvgIpc) is 2.05. The normalized spacial score (nSPS) is 11.1. The number of Topliss-reactive ketones (excluding diaryl/α,β-unsaturated/α-hetero) is 1. The maximum atomic E-state index is 11.1. The SMILES string of the molecule is CC(=O)c1ccc(NS(C)(=O)=O)c(I)c1. The number of halogens is 1. The summed E-state index contributed by atoms with van der Waals surface area (Å²) in [6.45, 7) is 1.47. The van der Waals surface area contributed by atoms with E-state index >= 15 is 0 Å². The molecule has 0 aliphatic rings. The molecule has 0 atom stereocenters. The van der Waals surface area contributed by atoms with E-state index < -0.39 is 10.0 Å². The molecule has 6 heteroatoms. The molecule has 0 saturated heterocycles. The molecule has 0 spiro atoms. The summed E-state index contributed by atoms with van der Waals surface area (Å²) in [5.41, 5.74) is 1.06. The third-order valence-electron chi connectivity index (χ3n) is 1.67. The van der Waals surface area contributed by atoms with Crippen LogP contribution in [0.4, 0.5) is 5.69 Å². The molecular weight excluding hydrogens is 329 g/mol. The number of rotatable bonds is 3. The first-order valence-electron chi connectivity index (χ1n) is 4.08. The molecule has 0 radical (unpaired) electrons.